The van der Waals surface area contributed by atoms with Gasteiger partial charge in [-0.3, -0.25) is 0 Å². The summed E-state index contributed by atoms with van der Waals surface area (Å²) < 4.78 is 10.3. The van der Waals surface area contributed by atoms with Crippen molar-refractivity contribution in [2.45, 2.75) is 0 Å². The van der Waals surface area contributed by atoms with E-state index >= 15 is 0 Å². The molecule has 5 heterocycles. The van der Waals surface area contributed by atoms with E-state index in [1.807, 2.05) is 0 Å². The fourth-order valence-electron chi connectivity index (χ4n) is 10.8. The maximum atomic E-state index is 2.57. The average Bonchev–Trinajstić information content (AvgIpc) is 4.14. The van der Waals surface area contributed by atoms with Crippen LogP contribution in [0.5, 0.6) is 0 Å². The molecule has 12 aromatic rings. The summed E-state index contributed by atoms with van der Waals surface area (Å²) in [5, 5.41) is 2.50. The van der Waals surface area contributed by atoms with Crippen LogP contribution >= 0.6 is 0 Å². The van der Waals surface area contributed by atoms with Gasteiger partial charge in [0.1, 0.15) is 0 Å². The topological polar surface area (TPSA) is 24.5 Å². The van der Waals surface area contributed by atoms with E-state index in [2.05, 4.69) is 289 Å². The van der Waals surface area contributed by atoms with E-state index in [0.29, 0.717) is 0 Å². The molecule has 0 aliphatic carbocycles. The number of hydrogen-bond acceptors (Lipinski definition) is 3. The fraction of sp³-hybridized carbons (Fsp3) is 0. The second-order valence-corrected chi connectivity index (χ2v) is 20.1. The zero-order valence-corrected chi connectivity index (χ0v) is 39.7. The molecule has 6 nitrogen and oxygen atoms in total. The van der Waals surface area contributed by atoms with E-state index in [1.165, 1.54) is 53.1 Å². The van der Waals surface area contributed by atoms with Crippen LogP contribution in [0.25, 0.3) is 38.6 Å². The van der Waals surface area contributed by atoms with Crippen LogP contribution in [0.3, 0.4) is 0 Å². The van der Waals surface area contributed by atoms with Crippen LogP contribution in [0, 0.1) is 0 Å². The van der Waals surface area contributed by atoms with E-state index in [1.54, 1.807) is 0 Å². The Morgan fingerprint density at radius 3 is 1.37 bits per heavy atom. The predicted molar refractivity (Wildman–Crippen MR) is 294 cm³/mol. The van der Waals surface area contributed by atoms with Gasteiger partial charge in [-0.15, -0.1) is 0 Å². The molecule has 0 unspecified atom stereocenters. The molecule has 14 rings (SSSR count). The van der Waals surface area contributed by atoms with Crippen molar-refractivity contribution in [3.8, 4) is 16.8 Å². The monoisotopic (exact) mass is 962 g/mol. The molecule has 8 heteroatoms. The Bertz CT molecular complexity index is 3740. The number of aromatic nitrogens is 3. The first-order valence-electron chi connectivity index (χ1n) is 23.8. The van der Waals surface area contributed by atoms with Crippen LogP contribution in [-0.2, 0) is 0 Å². The molecule has 0 radical (unpaired) electrons. The molecule has 2 aliphatic rings. The van der Waals surface area contributed by atoms with E-state index in [-0.39, 0.29) is 21.9 Å². The zero-order valence-electron chi connectivity index (χ0n) is 38.0. The summed E-state index contributed by atoms with van der Waals surface area (Å²) in [7, 11) is 0. The van der Waals surface area contributed by atoms with Gasteiger partial charge in [0.15, 0.2) is 0 Å². The molecule has 0 spiro atoms. The van der Waals surface area contributed by atoms with Gasteiger partial charge in [-0.1, -0.05) is 0 Å². The third-order valence-electron chi connectivity index (χ3n) is 13.8. The van der Waals surface area contributed by atoms with Crippen molar-refractivity contribution in [2.24, 2.45) is 0 Å². The Kier molecular flexibility index (Phi) is 9.54. The number of nitrogens with zero attached hydrogens (tertiary/aromatic N) is 6. The Hall–Kier alpha value is -8.68. The van der Waals surface area contributed by atoms with Crippen molar-refractivity contribution < 1.29 is 0 Å². The molecule has 0 fully saturated rings. The molecule has 0 N–H and O–H groups in total. The van der Waals surface area contributed by atoms with Crippen LogP contribution in [0.1, 0.15) is 0 Å². The summed E-state index contributed by atoms with van der Waals surface area (Å²) in [5.74, 6) is 1.08. The van der Waals surface area contributed by atoms with E-state index in [9.17, 15) is 0 Å². The van der Waals surface area contributed by atoms with Crippen molar-refractivity contribution in [2.75, 3.05) is 14.7 Å². The van der Waals surface area contributed by atoms with Crippen LogP contribution in [-0.4, -0.2) is 35.5 Å². The molecule has 70 heavy (non-hydrogen) atoms. The summed E-state index contributed by atoms with van der Waals surface area (Å²) in [6, 6.07) is 90.4. The van der Waals surface area contributed by atoms with Crippen molar-refractivity contribution in [1.29, 1.82) is 0 Å². The average molecular weight is 962 g/mol. The first-order chi connectivity index (χ1) is 34.7. The van der Waals surface area contributed by atoms with Gasteiger partial charge in [0.2, 0.25) is 0 Å². The fourth-order valence-corrected chi connectivity index (χ4v) is 13.2. The molecule has 0 atom stereocenters. The summed E-state index contributed by atoms with van der Waals surface area (Å²) in [6.45, 7) is -0.179. The van der Waals surface area contributed by atoms with Crippen molar-refractivity contribution >= 4 is 110 Å². The van der Waals surface area contributed by atoms with Gasteiger partial charge in [0.05, 0.1) is 0 Å². The summed E-state index contributed by atoms with van der Waals surface area (Å²) >= 11 is -0.0664. The summed E-state index contributed by atoms with van der Waals surface area (Å²) in [6.07, 6.45) is 4.78. The van der Waals surface area contributed by atoms with Crippen LogP contribution < -0.4 is 29.2 Å². The molecule has 2 aliphatic heterocycles. The minimum atomic E-state index is -0.179. The number of fused-ring (bicyclic) bond motifs is 7. The number of anilines is 9. The van der Waals surface area contributed by atoms with Crippen molar-refractivity contribution in [1.82, 2.24) is 13.5 Å². The van der Waals surface area contributed by atoms with Gasteiger partial charge in [-0.05, 0) is 0 Å². The van der Waals surface area contributed by atoms with Crippen LogP contribution in [0.15, 0.2) is 261 Å². The van der Waals surface area contributed by atoms with Crippen LogP contribution in [0.4, 0.5) is 51.3 Å². The van der Waals surface area contributed by atoms with Gasteiger partial charge in [0.25, 0.3) is 0 Å². The van der Waals surface area contributed by atoms with Crippen molar-refractivity contribution in [3.05, 3.63) is 261 Å². The standard InChI is InChI=1S/C62H43BN6Se/c1-6-20-44(21-7-1)45-34-36-50(37-35-45)69-58-38-51(68-56-32-18-16-30-54(56)55-31-17-19-33-57(55)68)39-59-62(58)63(64-42-52(40-60(64)69)66(46-22-8-2-9-23-46)47-24-10-3-11-25-47)65-43-53(41-61(65)70-59)67(48-26-12-4-13-27-48)49-28-14-5-15-29-49/h1-43H. The quantitative estimate of drug-likeness (QED) is 0.135. The molecule has 330 valence electrons. The molecule has 3 aromatic heterocycles. The third-order valence-corrected chi connectivity index (χ3v) is 16.1. The van der Waals surface area contributed by atoms with Gasteiger partial charge >= 0.3 is 416 Å². The zero-order chi connectivity index (χ0) is 46.1. The van der Waals surface area contributed by atoms with E-state index in [0.717, 1.165) is 51.3 Å². The Morgan fingerprint density at radius 2 is 0.829 bits per heavy atom. The van der Waals surface area contributed by atoms with Gasteiger partial charge < -0.3 is 0 Å². The normalized spacial score (nSPS) is 12.5. The molecular weight excluding hydrogens is 918 g/mol. The Labute approximate surface area is 413 Å². The number of rotatable bonds is 9. The van der Waals surface area contributed by atoms with Crippen molar-refractivity contribution in [3.63, 3.8) is 0 Å². The number of benzene rings is 9. The molecule has 0 saturated carbocycles. The number of para-hydroxylation sites is 6. The van der Waals surface area contributed by atoms with E-state index in [4.69, 9.17) is 0 Å². The second kappa shape index (κ2) is 16.5. The Morgan fingerprint density at radius 1 is 0.371 bits per heavy atom. The third kappa shape index (κ3) is 6.57. The number of hydrogen-bond donors (Lipinski definition) is 0. The first-order valence-corrected chi connectivity index (χ1v) is 25.5. The van der Waals surface area contributed by atoms with Gasteiger partial charge in [-0.25, -0.2) is 0 Å². The molecular formula is C62H43BN6Se. The minimum absolute atomic E-state index is 0.0664. The van der Waals surface area contributed by atoms with Gasteiger partial charge in [-0.2, -0.15) is 0 Å². The predicted octanol–water partition coefficient (Wildman–Crippen LogP) is 13.5. The molecule has 0 saturated heterocycles. The van der Waals surface area contributed by atoms with Gasteiger partial charge in [0, 0.05) is 0 Å². The maximum absolute atomic E-state index is 2.57. The molecule has 0 amide bonds. The summed E-state index contributed by atoms with van der Waals surface area (Å²) in [5.41, 5.74) is 16.2. The first kappa shape index (κ1) is 40.4. The second-order valence-electron chi connectivity index (χ2n) is 17.9. The Balaban J connectivity index is 1.05. The molecule has 9 aromatic carbocycles. The van der Waals surface area contributed by atoms with Crippen LogP contribution in [0.2, 0.25) is 0 Å². The SMILES string of the molecule is c1ccc(-c2ccc(N3c4cc(-n5c6ccccc6c6ccccc65)cc5c4B(n4cc(N(c6ccccc6)c6ccccc6)cc4[Se]5)n4cc(N(c5ccccc5)c5ccccc5)cc43)cc2)cc1. The molecule has 0 bridgehead atoms. The summed E-state index contributed by atoms with van der Waals surface area (Å²) in [4.78, 5) is 7.30. The van der Waals surface area contributed by atoms with E-state index < -0.39 is 0 Å².